The summed E-state index contributed by atoms with van der Waals surface area (Å²) in [5.41, 5.74) is 1.07. The third kappa shape index (κ3) is 19.1. The SMILES string of the molecule is F[B-](F)(F)F.[CH2-]c1ccccc1.[K+]. The molecule has 1 rings (SSSR count). The molecule has 13 heavy (non-hydrogen) atoms. The Kier molecular flexibility index (Phi) is 9.67. The summed E-state index contributed by atoms with van der Waals surface area (Å²) in [6.07, 6.45) is 0. The Morgan fingerprint density at radius 1 is 0.923 bits per heavy atom. The molecular weight excluding hydrogens is 210 g/mol. The van der Waals surface area contributed by atoms with Gasteiger partial charge < -0.3 is 17.3 Å². The fourth-order valence-electron chi connectivity index (χ4n) is 0.478. The van der Waals surface area contributed by atoms with E-state index in [9.17, 15) is 17.3 Å². The zero-order chi connectivity index (χ0) is 9.61. The van der Waals surface area contributed by atoms with Crippen molar-refractivity contribution in [1.29, 1.82) is 0 Å². The first kappa shape index (κ1) is 16.0. The van der Waals surface area contributed by atoms with E-state index in [0.717, 1.165) is 5.56 Å². The summed E-state index contributed by atoms with van der Waals surface area (Å²) in [5.74, 6) is 0. The summed E-state index contributed by atoms with van der Waals surface area (Å²) in [6.45, 7) is 3.72. The van der Waals surface area contributed by atoms with E-state index < -0.39 is 7.25 Å². The van der Waals surface area contributed by atoms with Gasteiger partial charge in [0, 0.05) is 0 Å². The second-order valence-corrected chi connectivity index (χ2v) is 1.98. The van der Waals surface area contributed by atoms with Crippen molar-refractivity contribution in [2.24, 2.45) is 0 Å². The van der Waals surface area contributed by atoms with Crippen LogP contribution in [0.25, 0.3) is 0 Å². The summed E-state index contributed by atoms with van der Waals surface area (Å²) in [7, 11) is -6.00. The van der Waals surface area contributed by atoms with Crippen LogP contribution in [-0.2, 0) is 0 Å². The van der Waals surface area contributed by atoms with E-state index in [0.29, 0.717) is 0 Å². The van der Waals surface area contributed by atoms with Gasteiger partial charge in [-0.05, 0) is 0 Å². The molecule has 0 spiro atoms. The number of rotatable bonds is 0. The molecule has 0 N–H and O–H groups in total. The minimum absolute atomic E-state index is 0. The molecule has 6 heteroatoms. The molecule has 0 saturated carbocycles. The molecule has 1 aromatic carbocycles. The molecule has 68 valence electrons. The third-order valence-corrected chi connectivity index (χ3v) is 0.843. The number of hydrogen-bond donors (Lipinski definition) is 0. The van der Waals surface area contributed by atoms with Gasteiger partial charge >= 0.3 is 58.6 Å². The van der Waals surface area contributed by atoms with Gasteiger partial charge in [-0.15, -0.1) is 12.1 Å². The van der Waals surface area contributed by atoms with Gasteiger partial charge in [-0.25, -0.2) is 0 Å². The van der Waals surface area contributed by atoms with Gasteiger partial charge in [-0.2, -0.15) is 24.6 Å². The first-order valence-corrected chi connectivity index (χ1v) is 3.14. The molecule has 0 saturated heterocycles. The Balaban J connectivity index is 0. The van der Waals surface area contributed by atoms with Gasteiger partial charge in [0.25, 0.3) is 0 Å². The molecule has 0 unspecified atom stereocenters. The minimum atomic E-state index is -6.00. The number of benzene rings is 1. The summed E-state index contributed by atoms with van der Waals surface area (Å²) in [4.78, 5) is 0. The predicted octanol–water partition coefficient (Wildman–Crippen LogP) is 0.173. The van der Waals surface area contributed by atoms with E-state index in [-0.39, 0.29) is 51.4 Å². The minimum Gasteiger partial charge on any atom is -0.418 e. The predicted molar refractivity (Wildman–Crippen MR) is 41.1 cm³/mol. The van der Waals surface area contributed by atoms with Crippen molar-refractivity contribution in [2.45, 2.75) is 0 Å². The molecule has 0 aromatic heterocycles. The van der Waals surface area contributed by atoms with Crippen molar-refractivity contribution in [2.75, 3.05) is 0 Å². The molecule has 1 aromatic rings. The van der Waals surface area contributed by atoms with Crippen LogP contribution in [0.2, 0.25) is 0 Å². The van der Waals surface area contributed by atoms with E-state index >= 15 is 0 Å². The maximum atomic E-state index is 9.75. The molecular formula is C7H7BF4K-. The molecule has 0 heterocycles. The van der Waals surface area contributed by atoms with Crippen molar-refractivity contribution in [3.8, 4) is 0 Å². The largest absolute Gasteiger partial charge is 1.00 e. The Hall–Kier alpha value is 0.511. The number of halogens is 4. The maximum Gasteiger partial charge on any atom is 1.00 e. The molecule has 0 nitrogen and oxygen atoms in total. The van der Waals surface area contributed by atoms with Crippen LogP contribution in [0.1, 0.15) is 5.56 Å². The molecule has 0 fully saturated rings. The van der Waals surface area contributed by atoms with Crippen LogP contribution < -0.4 is 51.4 Å². The zero-order valence-electron chi connectivity index (χ0n) is 7.18. The first-order valence-electron chi connectivity index (χ1n) is 3.14. The van der Waals surface area contributed by atoms with Crippen LogP contribution in [-0.4, -0.2) is 7.25 Å². The standard InChI is InChI=1S/C7H7.BF4.K/c1-7-5-3-2-4-6-7;2-1(3,4)5;/h2-6H,1H2;;/q2*-1;+1. The van der Waals surface area contributed by atoms with E-state index in [4.69, 9.17) is 0 Å². The molecule has 0 aliphatic rings. The molecule has 0 bridgehead atoms. The average molecular weight is 217 g/mol. The molecule has 0 amide bonds. The number of hydrogen-bond acceptors (Lipinski definition) is 0. The second kappa shape index (κ2) is 7.87. The third-order valence-electron chi connectivity index (χ3n) is 0.843. The van der Waals surface area contributed by atoms with Gasteiger partial charge in [0.1, 0.15) is 0 Å². The quantitative estimate of drug-likeness (QED) is 0.330. The second-order valence-electron chi connectivity index (χ2n) is 1.98. The fraction of sp³-hybridized carbons (Fsp3) is 0. The van der Waals surface area contributed by atoms with Gasteiger partial charge in [0.05, 0.1) is 0 Å². The van der Waals surface area contributed by atoms with Crippen molar-refractivity contribution < 1.29 is 68.6 Å². The molecule has 0 radical (unpaired) electrons. The monoisotopic (exact) mass is 217 g/mol. The summed E-state index contributed by atoms with van der Waals surface area (Å²) >= 11 is 0. The average Bonchev–Trinajstić information content (AvgIpc) is 1.85. The Morgan fingerprint density at radius 3 is 1.38 bits per heavy atom. The van der Waals surface area contributed by atoms with Crippen LogP contribution in [0.15, 0.2) is 30.3 Å². The van der Waals surface area contributed by atoms with E-state index in [2.05, 4.69) is 6.92 Å². The van der Waals surface area contributed by atoms with Gasteiger partial charge in [-0.3, -0.25) is 0 Å². The molecule has 0 aliphatic carbocycles. The van der Waals surface area contributed by atoms with Gasteiger partial charge in [-0.1, -0.05) is 6.07 Å². The summed E-state index contributed by atoms with van der Waals surface area (Å²) in [6, 6.07) is 9.87. The van der Waals surface area contributed by atoms with E-state index in [1.165, 1.54) is 0 Å². The topological polar surface area (TPSA) is 0 Å². The van der Waals surface area contributed by atoms with Gasteiger partial charge in [0.2, 0.25) is 0 Å². The summed E-state index contributed by atoms with van der Waals surface area (Å²) < 4.78 is 39.0. The van der Waals surface area contributed by atoms with Crippen LogP contribution >= 0.6 is 0 Å². The van der Waals surface area contributed by atoms with Crippen LogP contribution in [0, 0.1) is 6.92 Å². The molecule has 0 aliphatic heterocycles. The molecule has 0 atom stereocenters. The maximum absolute atomic E-state index is 9.75. The van der Waals surface area contributed by atoms with Crippen LogP contribution in [0.4, 0.5) is 17.3 Å². The Morgan fingerprint density at radius 2 is 1.23 bits per heavy atom. The normalized spacial score (nSPS) is 9.23. The van der Waals surface area contributed by atoms with Crippen molar-refractivity contribution in [1.82, 2.24) is 0 Å². The smallest absolute Gasteiger partial charge is 0.418 e. The van der Waals surface area contributed by atoms with Gasteiger partial charge in [0.15, 0.2) is 0 Å². The van der Waals surface area contributed by atoms with Crippen LogP contribution in [0.3, 0.4) is 0 Å². The van der Waals surface area contributed by atoms with E-state index in [1.54, 1.807) is 0 Å². The zero-order valence-corrected chi connectivity index (χ0v) is 10.3. The Bertz CT molecular complexity index is 205. The van der Waals surface area contributed by atoms with Crippen molar-refractivity contribution in [3.05, 3.63) is 42.8 Å². The van der Waals surface area contributed by atoms with Crippen molar-refractivity contribution >= 4 is 7.25 Å². The van der Waals surface area contributed by atoms with Crippen molar-refractivity contribution in [3.63, 3.8) is 0 Å². The van der Waals surface area contributed by atoms with E-state index in [1.807, 2.05) is 30.3 Å². The fourth-order valence-corrected chi connectivity index (χ4v) is 0.478. The Labute approximate surface area is 117 Å². The summed E-state index contributed by atoms with van der Waals surface area (Å²) in [5, 5.41) is 0. The van der Waals surface area contributed by atoms with Crippen LogP contribution in [0.5, 0.6) is 0 Å². The first-order chi connectivity index (χ1) is 5.39.